The molecule has 0 aliphatic heterocycles. The van der Waals surface area contributed by atoms with Crippen LogP contribution in [0, 0.1) is 0 Å². The largest absolute Gasteiger partial charge is 0.506 e. The van der Waals surface area contributed by atoms with Gasteiger partial charge < -0.3 is 44.6 Å². The van der Waals surface area contributed by atoms with E-state index in [0.29, 0.717) is 35.6 Å². The topological polar surface area (TPSA) is 197 Å². The van der Waals surface area contributed by atoms with Crippen LogP contribution in [0.3, 0.4) is 0 Å². The number of anilines is 6. The van der Waals surface area contributed by atoms with Crippen molar-refractivity contribution in [3.8, 4) is 11.5 Å². The summed E-state index contributed by atoms with van der Waals surface area (Å²) in [4.78, 5) is 0. The quantitative estimate of drug-likeness (QED) is 0.0876. The van der Waals surface area contributed by atoms with Gasteiger partial charge in [-0.15, -0.1) is 0 Å². The van der Waals surface area contributed by atoms with Gasteiger partial charge in [-0.2, -0.15) is 26.3 Å². The summed E-state index contributed by atoms with van der Waals surface area (Å²) < 4.78 is 83.1. The molecule has 0 spiro atoms. The maximum absolute atomic E-state index is 13.8. The zero-order chi connectivity index (χ0) is 31.2. The Labute approximate surface area is 230 Å². The van der Waals surface area contributed by atoms with Gasteiger partial charge in [-0.25, -0.2) is 0 Å². The van der Waals surface area contributed by atoms with Gasteiger partial charge in [-0.1, -0.05) is 36.4 Å². The molecule has 14 N–H and O–H groups in total. The normalized spacial score (nSPS) is 11.5. The van der Waals surface area contributed by atoms with Crippen molar-refractivity contribution in [2.75, 3.05) is 34.4 Å². The summed E-state index contributed by atoms with van der Waals surface area (Å²) in [5, 5.41) is 17.6. The van der Waals surface area contributed by atoms with E-state index in [0.717, 1.165) is 12.1 Å². The van der Waals surface area contributed by atoms with Gasteiger partial charge in [-0.3, -0.25) is 0 Å². The minimum Gasteiger partial charge on any atom is -0.506 e. The van der Waals surface area contributed by atoms with E-state index in [1.54, 1.807) is 48.5 Å². The first kappa shape index (κ1) is 32.1. The highest BCUT2D eigenvalue weighted by Gasteiger charge is 2.72. The lowest BCUT2D eigenvalue weighted by Crippen LogP contribution is -2.54. The third kappa shape index (κ3) is 7.09. The van der Waals surface area contributed by atoms with E-state index >= 15 is 0 Å². The van der Waals surface area contributed by atoms with Gasteiger partial charge in [0.1, 0.15) is 11.5 Å². The Morgan fingerprint density at radius 2 is 0.732 bits per heavy atom. The van der Waals surface area contributed by atoms with E-state index in [2.05, 4.69) is 0 Å². The molecule has 4 aromatic rings. The lowest BCUT2D eigenvalue weighted by Gasteiger charge is -2.38. The van der Waals surface area contributed by atoms with E-state index < -0.39 is 40.3 Å². The molecule has 0 aliphatic rings. The number of nitrogens with two attached hydrogens (primary N) is 6. The minimum absolute atomic E-state index is 0.140. The Hall–Kier alpha value is -5.14. The first-order valence-corrected chi connectivity index (χ1v) is 11.4. The Morgan fingerprint density at radius 3 is 0.951 bits per heavy atom. The van der Waals surface area contributed by atoms with Crippen LogP contribution in [0.15, 0.2) is 84.9 Å². The van der Waals surface area contributed by atoms with Gasteiger partial charge >= 0.3 is 12.4 Å². The molecule has 4 aromatic carbocycles. The molecule has 0 aromatic heterocycles. The summed E-state index contributed by atoms with van der Waals surface area (Å²) >= 11 is 0. The number of phenols is 2. The lowest BCUT2D eigenvalue weighted by molar-refractivity contribution is -0.288. The second kappa shape index (κ2) is 12.4. The maximum atomic E-state index is 13.8. The molecule has 0 aliphatic carbocycles. The van der Waals surface area contributed by atoms with Crippen molar-refractivity contribution in [2.24, 2.45) is 0 Å². The molecule has 0 radical (unpaired) electrons. The van der Waals surface area contributed by atoms with Crippen LogP contribution in [0.2, 0.25) is 0 Å². The third-order valence-electron chi connectivity index (χ3n) is 5.76. The molecule has 8 nitrogen and oxygen atoms in total. The molecule has 0 saturated heterocycles. The summed E-state index contributed by atoms with van der Waals surface area (Å²) in [6.45, 7) is 0. The highest BCUT2D eigenvalue weighted by Crippen LogP contribution is 2.57. The van der Waals surface area contributed by atoms with Crippen LogP contribution >= 0.6 is 0 Å². The standard InChI is InChI=1S/C15H14F6N4.2C6H7NO/c16-14(17,18)13(15(19,20)21,7-1-3-9(22)11(24)5-7)8-2-4-10(23)12(25)6-8;2*7-5-3-1-2-4-6(5)8/h1-6H,22-25H2;2*1-4,8H,7H2. The van der Waals surface area contributed by atoms with Crippen molar-refractivity contribution in [2.45, 2.75) is 17.8 Å². The van der Waals surface area contributed by atoms with Gasteiger partial charge in [0.05, 0.1) is 34.1 Å². The number of rotatable bonds is 2. The van der Waals surface area contributed by atoms with E-state index in [1.807, 2.05) is 0 Å². The first-order valence-electron chi connectivity index (χ1n) is 11.4. The zero-order valence-corrected chi connectivity index (χ0v) is 21.2. The van der Waals surface area contributed by atoms with E-state index in [-0.39, 0.29) is 22.9 Å². The molecule has 0 amide bonds. The van der Waals surface area contributed by atoms with Crippen molar-refractivity contribution in [3.63, 3.8) is 0 Å². The van der Waals surface area contributed by atoms with Crippen molar-refractivity contribution in [3.05, 3.63) is 96.1 Å². The number of hydrogen-bond acceptors (Lipinski definition) is 8. The van der Waals surface area contributed by atoms with Crippen LogP contribution in [0.4, 0.5) is 60.5 Å². The summed E-state index contributed by atoms with van der Waals surface area (Å²) in [5.41, 5.74) is 25.4. The SMILES string of the molecule is Nc1ccc(C(c2ccc(N)c(N)c2)(C(F)(F)F)C(F)(F)F)cc1N.Nc1ccccc1O.Nc1ccccc1O. The number of aromatic hydroxyl groups is 2. The summed E-state index contributed by atoms with van der Waals surface area (Å²) in [5.74, 6) is 0.292. The number of benzene rings is 4. The van der Waals surface area contributed by atoms with Crippen LogP contribution in [0.5, 0.6) is 11.5 Å². The highest BCUT2D eigenvalue weighted by atomic mass is 19.4. The monoisotopic (exact) mass is 582 g/mol. The third-order valence-corrected chi connectivity index (χ3v) is 5.76. The molecule has 0 bridgehead atoms. The van der Waals surface area contributed by atoms with Crippen molar-refractivity contribution >= 4 is 34.1 Å². The molecule has 0 atom stereocenters. The van der Waals surface area contributed by atoms with Gasteiger partial charge in [-0.05, 0) is 59.7 Å². The van der Waals surface area contributed by atoms with Crippen LogP contribution in [0.25, 0.3) is 0 Å². The van der Waals surface area contributed by atoms with E-state index in [1.165, 1.54) is 0 Å². The molecule has 41 heavy (non-hydrogen) atoms. The molecule has 14 heteroatoms. The molecule has 0 fully saturated rings. The second-order valence-corrected chi connectivity index (χ2v) is 8.55. The maximum Gasteiger partial charge on any atom is 0.411 e. The van der Waals surface area contributed by atoms with Gasteiger partial charge in [0, 0.05) is 0 Å². The Kier molecular flexibility index (Phi) is 9.67. The van der Waals surface area contributed by atoms with Crippen LogP contribution < -0.4 is 34.4 Å². The second-order valence-electron chi connectivity index (χ2n) is 8.55. The Morgan fingerprint density at radius 1 is 0.415 bits per heavy atom. The van der Waals surface area contributed by atoms with Gasteiger partial charge in [0.15, 0.2) is 0 Å². The zero-order valence-electron chi connectivity index (χ0n) is 21.2. The first-order chi connectivity index (χ1) is 18.9. The fourth-order valence-electron chi connectivity index (χ4n) is 3.57. The lowest BCUT2D eigenvalue weighted by atomic mass is 9.72. The average molecular weight is 583 g/mol. The van der Waals surface area contributed by atoms with Crippen molar-refractivity contribution in [1.29, 1.82) is 0 Å². The number of phenolic OH excluding ortho intramolecular Hbond substituents is 2. The molecule has 220 valence electrons. The van der Waals surface area contributed by atoms with E-state index in [4.69, 9.17) is 44.6 Å². The number of alkyl halides is 6. The predicted molar refractivity (Wildman–Crippen MR) is 148 cm³/mol. The van der Waals surface area contributed by atoms with Gasteiger partial charge in [0.25, 0.3) is 0 Å². The molecule has 4 rings (SSSR count). The summed E-state index contributed by atoms with van der Waals surface area (Å²) in [6.07, 6.45) is -11.5. The van der Waals surface area contributed by atoms with Crippen LogP contribution in [0.1, 0.15) is 11.1 Å². The molecule has 0 heterocycles. The Bertz CT molecular complexity index is 1320. The predicted octanol–water partition coefficient (Wildman–Crippen LogP) is 5.37. The fraction of sp³-hybridized carbons (Fsp3) is 0.111. The van der Waals surface area contributed by atoms with E-state index in [9.17, 15) is 26.3 Å². The number of nitrogen functional groups attached to an aromatic ring is 6. The Balaban J connectivity index is 0.000000295. The number of halogens is 6. The average Bonchev–Trinajstić information content (AvgIpc) is 2.87. The fourth-order valence-corrected chi connectivity index (χ4v) is 3.57. The number of para-hydroxylation sites is 4. The highest BCUT2D eigenvalue weighted by molar-refractivity contribution is 5.68. The summed E-state index contributed by atoms with van der Waals surface area (Å²) in [7, 11) is 0. The van der Waals surface area contributed by atoms with Crippen LogP contribution in [-0.2, 0) is 5.41 Å². The summed E-state index contributed by atoms with van der Waals surface area (Å²) in [6, 6.07) is 17.6. The van der Waals surface area contributed by atoms with Crippen LogP contribution in [-0.4, -0.2) is 22.6 Å². The molecule has 0 saturated carbocycles. The van der Waals surface area contributed by atoms with Crippen molar-refractivity contribution < 1.29 is 36.6 Å². The van der Waals surface area contributed by atoms with Crippen molar-refractivity contribution in [1.82, 2.24) is 0 Å². The molecule has 0 unspecified atom stereocenters. The molecular weight excluding hydrogens is 554 g/mol. The minimum atomic E-state index is -5.74. The number of hydrogen-bond donors (Lipinski definition) is 8. The van der Waals surface area contributed by atoms with Gasteiger partial charge in [0.2, 0.25) is 5.41 Å². The molecular formula is C27H28F6N6O2. The smallest absolute Gasteiger partial charge is 0.411 e.